The summed E-state index contributed by atoms with van der Waals surface area (Å²) in [6, 6.07) is 3.11. The third kappa shape index (κ3) is 2.36. The van der Waals surface area contributed by atoms with E-state index in [2.05, 4.69) is 5.32 Å². The SMILES string of the molecule is COn1cc(C(=O)C=CN(C)C)c2cc3c(cc21)C(=O)NC3=O. The molecule has 1 N–H and O–H groups in total. The first-order chi connectivity index (χ1) is 10.9. The van der Waals surface area contributed by atoms with Gasteiger partial charge in [0.1, 0.15) is 7.11 Å². The van der Waals surface area contributed by atoms with Crippen molar-refractivity contribution in [2.45, 2.75) is 0 Å². The van der Waals surface area contributed by atoms with Crippen LogP contribution in [0.25, 0.3) is 10.9 Å². The van der Waals surface area contributed by atoms with Crippen molar-refractivity contribution in [2.75, 3.05) is 21.2 Å². The van der Waals surface area contributed by atoms with Gasteiger partial charge in [-0.2, -0.15) is 4.73 Å². The minimum atomic E-state index is -0.459. The first kappa shape index (κ1) is 14.8. The average molecular weight is 313 g/mol. The van der Waals surface area contributed by atoms with E-state index >= 15 is 0 Å². The smallest absolute Gasteiger partial charge is 0.259 e. The number of allylic oxidation sites excluding steroid dienone is 1. The summed E-state index contributed by atoms with van der Waals surface area (Å²) in [5, 5.41) is 2.80. The van der Waals surface area contributed by atoms with Crippen LogP contribution in [-0.4, -0.2) is 48.4 Å². The van der Waals surface area contributed by atoms with E-state index < -0.39 is 11.8 Å². The Balaban J connectivity index is 2.21. The predicted molar refractivity (Wildman–Crippen MR) is 83.4 cm³/mol. The maximum atomic E-state index is 12.4. The summed E-state index contributed by atoms with van der Waals surface area (Å²) >= 11 is 0. The molecule has 0 spiro atoms. The van der Waals surface area contributed by atoms with E-state index in [4.69, 9.17) is 4.84 Å². The van der Waals surface area contributed by atoms with Gasteiger partial charge in [0.15, 0.2) is 5.78 Å². The summed E-state index contributed by atoms with van der Waals surface area (Å²) in [4.78, 5) is 42.9. The van der Waals surface area contributed by atoms with Gasteiger partial charge < -0.3 is 9.74 Å². The molecule has 7 nitrogen and oxygen atoms in total. The van der Waals surface area contributed by atoms with Gasteiger partial charge >= 0.3 is 0 Å². The van der Waals surface area contributed by atoms with Crippen molar-refractivity contribution in [2.24, 2.45) is 0 Å². The Morgan fingerprint density at radius 2 is 1.87 bits per heavy atom. The quantitative estimate of drug-likeness (QED) is 0.514. The Kier molecular flexibility index (Phi) is 3.40. The molecular weight excluding hydrogens is 298 g/mol. The van der Waals surface area contributed by atoms with Gasteiger partial charge in [0.25, 0.3) is 11.8 Å². The van der Waals surface area contributed by atoms with Crippen LogP contribution >= 0.6 is 0 Å². The highest BCUT2D eigenvalue weighted by atomic mass is 16.6. The zero-order chi connectivity index (χ0) is 16.7. The second kappa shape index (κ2) is 5.28. The number of nitrogens with zero attached hydrogens (tertiary/aromatic N) is 2. The van der Waals surface area contributed by atoms with E-state index in [-0.39, 0.29) is 16.9 Å². The number of fused-ring (bicyclic) bond motifs is 2. The van der Waals surface area contributed by atoms with Crippen molar-refractivity contribution in [3.05, 3.63) is 47.3 Å². The summed E-state index contributed by atoms with van der Waals surface area (Å²) in [5.74, 6) is -1.13. The molecule has 0 saturated carbocycles. The summed E-state index contributed by atoms with van der Waals surface area (Å²) in [6.45, 7) is 0. The Morgan fingerprint density at radius 3 is 2.48 bits per heavy atom. The van der Waals surface area contributed by atoms with Crippen LogP contribution < -0.4 is 10.2 Å². The fourth-order valence-electron chi connectivity index (χ4n) is 2.51. The molecule has 3 rings (SSSR count). The van der Waals surface area contributed by atoms with E-state index in [1.165, 1.54) is 17.9 Å². The lowest BCUT2D eigenvalue weighted by molar-refractivity contribution is 0.0878. The highest BCUT2D eigenvalue weighted by Gasteiger charge is 2.29. The van der Waals surface area contributed by atoms with E-state index in [9.17, 15) is 14.4 Å². The third-order valence-corrected chi connectivity index (χ3v) is 3.61. The first-order valence-corrected chi connectivity index (χ1v) is 6.90. The zero-order valence-electron chi connectivity index (χ0n) is 12.9. The fraction of sp³-hybridized carbons (Fsp3) is 0.188. The van der Waals surface area contributed by atoms with Gasteiger partial charge in [-0.05, 0) is 12.1 Å². The number of carbonyl (C=O) groups excluding carboxylic acids is 3. The molecule has 7 heteroatoms. The van der Waals surface area contributed by atoms with E-state index in [0.29, 0.717) is 16.5 Å². The van der Waals surface area contributed by atoms with Crippen LogP contribution in [0.1, 0.15) is 31.1 Å². The lowest BCUT2D eigenvalue weighted by atomic mass is 10.0. The van der Waals surface area contributed by atoms with Crippen molar-refractivity contribution >= 4 is 28.5 Å². The topological polar surface area (TPSA) is 80.6 Å². The maximum absolute atomic E-state index is 12.4. The van der Waals surface area contributed by atoms with Crippen LogP contribution in [-0.2, 0) is 0 Å². The molecule has 1 aromatic heterocycles. The summed E-state index contributed by atoms with van der Waals surface area (Å²) in [6.07, 6.45) is 4.62. The molecule has 2 aromatic rings. The van der Waals surface area contributed by atoms with Crippen molar-refractivity contribution in [1.82, 2.24) is 14.9 Å². The van der Waals surface area contributed by atoms with Gasteiger partial charge in [-0.3, -0.25) is 19.7 Å². The second-order valence-corrected chi connectivity index (χ2v) is 5.39. The van der Waals surface area contributed by atoms with Crippen LogP contribution in [0.15, 0.2) is 30.6 Å². The lowest BCUT2D eigenvalue weighted by Gasteiger charge is -2.03. The number of imide groups is 1. The molecule has 118 valence electrons. The monoisotopic (exact) mass is 313 g/mol. The number of amides is 2. The van der Waals surface area contributed by atoms with Crippen molar-refractivity contribution < 1.29 is 19.2 Å². The van der Waals surface area contributed by atoms with Gasteiger partial charge in [0.05, 0.1) is 28.4 Å². The average Bonchev–Trinajstić information content (AvgIpc) is 3.01. The largest absolute Gasteiger partial charge is 0.417 e. The van der Waals surface area contributed by atoms with Crippen molar-refractivity contribution in [1.29, 1.82) is 0 Å². The number of hydrogen-bond acceptors (Lipinski definition) is 5. The van der Waals surface area contributed by atoms with Gasteiger partial charge in [0, 0.05) is 31.8 Å². The highest BCUT2D eigenvalue weighted by molar-refractivity contribution is 6.24. The normalized spacial score (nSPS) is 13.5. The van der Waals surface area contributed by atoms with E-state index in [1.54, 1.807) is 29.4 Å². The number of hydrogen-bond donors (Lipinski definition) is 1. The number of aromatic nitrogens is 1. The number of nitrogens with one attached hydrogen (secondary N) is 1. The molecule has 0 unspecified atom stereocenters. The summed E-state index contributed by atoms with van der Waals surface area (Å²) in [7, 11) is 5.08. The van der Waals surface area contributed by atoms with Crippen LogP contribution in [0.3, 0.4) is 0 Å². The van der Waals surface area contributed by atoms with E-state index in [1.807, 2.05) is 14.1 Å². The number of carbonyl (C=O) groups is 3. The van der Waals surface area contributed by atoms with Crippen molar-refractivity contribution in [3.63, 3.8) is 0 Å². The Morgan fingerprint density at radius 1 is 1.22 bits per heavy atom. The maximum Gasteiger partial charge on any atom is 0.259 e. The Bertz CT molecular complexity index is 877. The van der Waals surface area contributed by atoms with Gasteiger partial charge in [-0.15, -0.1) is 0 Å². The summed E-state index contributed by atoms with van der Waals surface area (Å²) < 4.78 is 1.41. The number of rotatable bonds is 4. The van der Waals surface area contributed by atoms with Gasteiger partial charge in [-0.25, -0.2) is 0 Å². The number of benzene rings is 1. The van der Waals surface area contributed by atoms with Crippen LogP contribution in [0.2, 0.25) is 0 Å². The standard InChI is InChI=1S/C16H15N3O4/c1-18(2)5-4-14(20)12-8-19(23-3)13-7-11-10(6-9(12)13)15(21)17-16(11)22/h4-8H,1-3H3,(H,17,21,22). The molecule has 0 fully saturated rings. The van der Waals surface area contributed by atoms with Crippen molar-refractivity contribution in [3.8, 4) is 0 Å². The predicted octanol–water partition coefficient (Wildman–Crippen LogP) is 0.841. The zero-order valence-corrected chi connectivity index (χ0v) is 12.9. The number of ketones is 1. The van der Waals surface area contributed by atoms with Gasteiger partial charge in [0.2, 0.25) is 0 Å². The second-order valence-electron chi connectivity index (χ2n) is 5.39. The molecule has 0 aliphatic carbocycles. The highest BCUT2D eigenvalue weighted by Crippen LogP contribution is 2.28. The molecule has 0 saturated heterocycles. The lowest BCUT2D eigenvalue weighted by Crippen LogP contribution is -2.19. The molecule has 2 amide bonds. The molecule has 1 aromatic carbocycles. The Labute approximate surface area is 132 Å². The van der Waals surface area contributed by atoms with Crippen LogP contribution in [0, 0.1) is 0 Å². The third-order valence-electron chi connectivity index (χ3n) is 3.61. The molecular formula is C16H15N3O4. The molecule has 0 radical (unpaired) electrons. The molecule has 1 aliphatic rings. The van der Waals surface area contributed by atoms with Crippen LogP contribution in [0.4, 0.5) is 0 Å². The van der Waals surface area contributed by atoms with E-state index in [0.717, 1.165) is 0 Å². The minimum absolute atomic E-state index is 0.218. The molecule has 23 heavy (non-hydrogen) atoms. The molecule has 2 heterocycles. The van der Waals surface area contributed by atoms with Crippen LogP contribution in [0.5, 0.6) is 0 Å². The molecule has 1 aliphatic heterocycles. The fourth-order valence-corrected chi connectivity index (χ4v) is 2.51. The van der Waals surface area contributed by atoms with Gasteiger partial charge in [-0.1, -0.05) is 0 Å². The Hall–Kier alpha value is -3.09. The summed E-state index contributed by atoms with van der Waals surface area (Å²) in [5.41, 5.74) is 1.50. The minimum Gasteiger partial charge on any atom is -0.417 e. The molecule has 0 bridgehead atoms. The molecule has 0 atom stereocenters. The first-order valence-electron chi connectivity index (χ1n) is 6.90.